The summed E-state index contributed by atoms with van der Waals surface area (Å²) < 4.78 is 69.8. The van der Waals surface area contributed by atoms with Crippen LogP contribution in [-0.4, -0.2) is 145 Å². The van der Waals surface area contributed by atoms with Crippen LogP contribution >= 0.6 is 0 Å². The highest BCUT2D eigenvalue weighted by Crippen LogP contribution is 2.52. The van der Waals surface area contributed by atoms with Gasteiger partial charge in [-0.25, -0.2) is 9.59 Å². The molecule has 2 aliphatic heterocycles. The number of hydrogen-bond acceptors (Lipinski definition) is 14. The van der Waals surface area contributed by atoms with Gasteiger partial charge < -0.3 is 65.8 Å². The van der Waals surface area contributed by atoms with Gasteiger partial charge in [0.15, 0.2) is 46.0 Å². The summed E-state index contributed by atoms with van der Waals surface area (Å²) in [6.45, 7) is 3.32. The van der Waals surface area contributed by atoms with E-state index in [4.69, 9.17) is 56.8 Å². The first-order valence-electron chi connectivity index (χ1n) is 23.1. The van der Waals surface area contributed by atoms with Crippen LogP contribution < -0.4 is 47.4 Å². The van der Waals surface area contributed by atoms with Crippen molar-refractivity contribution in [3.05, 3.63) is 94.1 Å². The van der Waals surface area contributed by atoms with Gasteiger partial charge in [0.1, 0.15) is 12.1 Å². The lowest BCUT2D eigenvalue weighted by Crippen LogP contribution is -2.52. The molecule has 0 spiro atoms. The Kier molecular flexibility index (Phi) is 17.4. The monoisotopic (exact) mass is 958 g/mol. The SMILES string of the molecule is COc1ccc(C2c3c(cc(OC)c(OC)c3OC)CC[N+]2(C)CCCOC(=O)/C=C/C(=O)OCCC[N+]2(C)CCc3cc(OC)c(OC)cc3C2Cc2cc(OC)c(OC)c(OC)c2)cc1OC. The minimum absolute atomic E-state index is 0.00402. The number of benzene rings is 4. The number of likely N-dealkylation sites (N-methyl/N-ethyl adjacent to an activating group) is 2. The Balaban J connectivity index is 1.08. The Morgan fingerprint density at radius 1 is 0.522 bits per heavy atom. The largest absolute Gasteiger partial charge is 0.493 e. The van der Waals surface area contributed by atoms with Crippen LogP contribution in [0.4, 0.5) is 0 Å². The number of quaternary nitrogens is 2. The Morgan fingerprint density at radius 2 is 1.00 bits per heavy atom. The molecular weight excluding hydrogens is 889 g/mol. The Labute approximate surface area is 406 Å². The maximum Gasteiger partial charge on any atom is 0.331 e. The summed E-state index contributed by atoms with van der Waals surface area (Å²) >= 11 is 0. The molecule has 0 radical (unpaired) electrons. The third-order valence-electron chi connectivity index (χ3n) is 13.7. The zero-order valence-corrected chi connectivity index (χ0v) is 42.3. The first-order chi connectivity index (χ1) is 33.3. The normalized spacial score (nSPS) is 19.4. The minimum Gasteiger partial charge on any atom is -0.493 e. The molecule has 0 aliphatic carbocycles. The highest BCUT2D eigenvalue weighted by molar-refractivity contribution is 5.91. The fraction of sp³-hybridized carbons (Fsp3) is 0.472. The van der Waals surface area contributed by atoms with E-state index in [0.29, 0.717) is 98.8 Å². The molecule has 4 aromatic rings. The number of carbonyl (C=O) groups excluding carboxylic acids is 2. The average molecular weight is 959 g/mol. The molecule has 4 unspecified atom stereocenters. The van der Waals surface area contributed by atoms with Crippen molar-refractivity contribution < 1.29 is 75.4 Å². The average Bonchev–Trinajstić information content (AvgIpc) is 3.37. The number of nitrogens with zero attached hydrogens (tertiary/aromatic N) is 2. The molecule has 0 amide bonds. The summed E-state index contributed by atoms with van der Waals surface area (Å²) in [6.07, 6.45) is 5.63. The molecule has 2 aliphatic rings. The predicted molar refractivity (Wildman–Crippen MR) is 259 cm³/mol. The lowest BCUT2D eigenvalue weighted by molar-refractivity contribution is -0.941. The third kappa shape index (κ3) is 11.2. The zero-order valence-electron chi connectivity index (χ0n) is 42.3. The van der Waals surface area contributed by atoms with Gasteiger partial charge >= 0.3 is 11.9 Å². The van der Waals surface area contributed by atoms with E-state index >= 15 is 0 Å². The number of fused-ring (bicyclic) bond motifs is 2. The highest BCUT2D eigenvalue weighted by atomic mass is 16.6. The van der Waals surface area contributed by atoms with E-state index in [1.807, 2.05) is 36.4 Å². The summed E-state index contributed by atoms with van der Waals surface area (Å²) in [5, 5.41) is 0. The molecule has 4 aromatic carbocycles. The Hall–Kier alpha value is -6.52. The van der Waals surface area contributed by atoms with Crippen molar-refractivity contribution >= 4 is 11.9 Å². The number of carbonyl (C=O) groups is 2. The summed E-state index contributed by atoms with van der Waals surface area (Å²) in [5.41, 5.74) is 6.44. The topological polar surface area (TPSA) is 145 Å². The van der Waals surface area contributed by atoms with Gasteiger partial charge in [0.25, 0.3) is 0 Å². The van der Waals surface area contributed by atoms with Crippen molar-refractivity contribution in [2.24, 2.45) is 0 Å². The van der Waals surface area contributed by atoms with Gasteiger partial charge in [0.2, 0.25) is 11.5 Å². The number of ether oxygens (including phenoxy) is 12. The van der Waals surface area contributed by atoms with Crippen LogP contribution in [0.3, 0.4) is 0 Å². The first kappa shape index (κ1) is 51.9. The fourth-order valence-corrected chi connectivity index (χ4v) is 10.2. The molecule has 6 rings (SSSR count). The standard InChI is InChI=1S/C53H70N2O14/c1-54(23-19-35-30-42(60-5)43(61-6)33-38(35)39(54)27-34-28-44(62-7)51(65-10)45(29-34)63-8)21-13-25-68-47(56)17-18-48(57)69-26-14-22-55(2)24-20-36-31-46(64-9)52(66-11)53(67-12)49(36)50(55)37-15-16-40(58-3)41(32-37)59-4/h15-18,28-33,39,50H,13-14,19-27H2,1-12H3/q+2/b18-17+. The second-order valence-electron chi connectivity index (χ2n) is 17.6. The molecular formula is C53H70N2O14+2. The van der Waals surface area contributed by atoms with Crippen LogP contribution in [0.5, 0.6) is 57.5 Å². The van der Waals surface area contributed by atoms with Crippen molar-refractivity contribution in [3.8, 4) is 57.5 Å². The zero-order chi connectivity index (χ0) is 49.9. The molecule has 16 heteroatoms. The minimum atomic E-state index is -0.625. The van der Waals surface area contributed by atoms with Gasteiger partial charge in [-0.15, -0.1) is 0 Å². The molecule has 0 saturated carbocycles. The van der Waals surface area contributed by atoms with Crippen LogP contribution in [0.15, 0.2) is 60.7 Å². The smallest absolute Gasteiger partial charge is 0.331 e. The maximum atomic E-state index is 12.9. The molecule has 2 heterocycles. The van der Waals surface area contributed by atoms with Crippen molar-refractivity contribution in [1.29, 1.82) is 0 Å². The predicted octanol–water partition coefficient (Wildman–Crippen LogP) is 7.27. The first-order valence-corrected chi connectivity index (χ1v) is 23.1. The molecule has 69 heavy (non-hydrogen) atoms. The summed E-state index contributed by atoms with van der Waals surface area (Å²) in [6, 6.07) is 15.9. The van der Waals surface area contributed by atoms with Gasteiger partial charge in [0.05, 0.1) is 130 Å². The van der Waals surface area contributed by atoms with E-state index in [1.165, 1.54) is 5.56 Å². The lowest BCUT2D eigenvalue weighted by Gasteiger charge is -2.46. The van der Waals surface area contributed by atoms with Gasteiger partial charge in [-0.1, -0.05) is 0 Å². The van der Waals surface area contributed by atoms with Crippen LogP contribution in [0.2, 0.25) is 0 Å². The van der Waals surface area contributed by atoms with Crippen LogP contribution in [0.1, 0.15) is 58.3 Å². The summed E-state index contributed by atoms with van der Waals surface area (Å²) in [7, 11) is 20.6. The number of esters is 2. The Morgan fingerprint density at radius 3 is 1.55 bits per heavy atom. The van der Waals surface area contributed by atoms with Crippen LogP contribution in [0, 0.1) is 0 Å². The van der Waals surface area contributed by atoms with Crippen molar-refractivity contribution in [3.63, 3.8) is 0 Å². The maximum absolute atomic E-state index is 12.9. The summed E-state index contributed by atoms with van der Waals surface area (Å²) in [5.74, 6) is 4.74. The van der Waals surface area contributed by atoms with Crippen LogP contribution in [-0.2, 0) is 38.3 Å². The highest BCUT2D eigenvalue weighted by Gasteiger charge is 2.44. The van der Waals surface area contributed by atoms with Crippen molar-refractivity contribution in [2.45, 2.75) is 44.2 Å². The van der Waals surface area contributed by atoms with E-state index < -0.39 is 11.9 Å². The molecule has 374 valence electrons. The second kappa shape index (κ2) is 23.2. The molecule has 0 N–H and O–H groups in total. The van der Waals surface area contributed by atoms with Crippen molar-refractivity contribution in [2.75, 3.05) is 125 Å². The van der Waals surface area contributed by atoms with Gasteiger partial charge in [-0.2, -0.15) is 0 Å². The van der Waals surface area contributed by atoms with E-state index in [0.717, 1.165) is 65.9 Å². The second-order valence-corrected chi connectivity index (χ2v) is 17.6. The van der Waals surface area contributed by atoms with Crippen molar-refractivity contribution in [1.82, 2.24) is 0 Å². The Bertz CT molecular complexity index is 2450. The van der Waals surface area contributed by atoms with E-state index in [2.05, 4.69) is 26.2 Å². The van der Waals surface area contributed by atoms with E-state index in [1.54, 1.807) is 71.1 Å². The number of methoxy groups -OCH3 is 10. The van der Waals surface area contributed by atoms with Gasteiger partial charge in [-0.05, 0) is 65.2 Å². The lowest BCUT2D eigenvalue weighted by atomic mass is 9.84. The van der Waals surface area contributed by atoms with E-state index in [-0.39, 0.29) is 25.3 Å². The molecule has 0 fully saturated rings. The molecule has 16 nitrogen and oxygen atoms in total. The fourth-order valence-electron chi connectivity index (χ4n) is 10.2. The van der Waals surface area contributed by atoms with Gasteiger partial charge in [0, 0.05) is 55.4 Å². The van der Waals surface area contributed by atoms with Crippen LogP contribution in [0.25, 0.3) is 0 Å². The number of hydrogen-bond donors (Lipinski definition) is 0. The van der Waals surface area contributed by atoms with Gasteiger partial charge in [-0.3, -0.25) is 0 Å². The molecule has 0 bridgehead atoms. The molecule has 4 atom stereocenters. The number of rotatable bonds is 23. The molecule has 0 saturated heterocycles. The summed E-state index contributed by atoms with van der Waals surface area (Å²) in [4.78, 5) is 25.8. The molecule has 0 aromatic heterocycles. The third-order valence-corrected chi connectivity index (χ3v) is 13.7. The quantitative estimate of drug-likeness (QED) is 0.0318. The van der Waals surface area contributed by atoms with E-state index in [9.17, 15) is 9.59 Å².